The second-order valence-electron chi connectivity index (χ2n) is 6.98. The van der Waals surface area contributed by atoms with Crippen LogP contribution in [0.1, 0.15) is 21.7 Å². The Bertz CT molecular complexity index is 1260. The van der Waals surface area contributed by atoms with E-state index >= 15 is 0 Å². The molecule has 5 heteroatoms. The van der Waals surface area contributed by atoms with Crippen molar-refractivity contribution in [3.63, 3.8) is 0 Å². The number of likely N-dealkylation sites (N-methyl/N-ethyl adjacent to an activating group) is 1. The van der Waals surface area contributed by atoms with E-state index in [0.717, 1.165) is 27.5 Å². The van der Waals surface area contributed by atoms with E-state index in [0.29, 0.717) is 16.3 Å². The number of aliphatic hydroxyl groups is 1. The van der Waals surface area contributed by atoms with E-state index in [2.05, 4.69) is 16.8 Å². The van der Waals surface area contributed by atoms with Crippen LogP contribution in [0.25, 0.3) is 21.9 Å². The number of rotatable bonds is 1. The summed E-state index contributed by atoms with van der Waals surface area (Å²) in [4.78, 5) is 17.2. The summed E-state index contributed by atoms with van der Waals surface area (Å²) in [6.45, 7) is -0.676. The maximum absolute atomic E-state index is 12.4. The van der Waals surface area contributed by atoms with Crippen LogP contribution < -0.4 is 5.73 Å². The fraction of sp³-hybridized carbons (Fsp3) is 0.217. The summed E-state index contributed by atoms with van der Waals surface area (Å²) < 4.78 is 22.3. The molecule has 2 aromatic carbocycles. The molecule has 2 heterocycles. The van der Waals surface area contributed by atoms with Gasteiger partial charge in [-0.2, -0.15) is 0 Å². The number of aromatic nitrogens is 1. The Balaban J connectivity index is 1.69. The number of nitrogens with zero attached hydrogens (tertiary/aromatic N) is 2. The van der Waals surface area contributed by atoms with E-state index in [1.807, 2.05) is 43.3 Å². The number of carbonyl (C=O) groups is 1. The summed E-state index contributed by atoms with van der Waals surface area (Å²) in [5.41, 5.74) is 7.53. The van der Waals surface area contributed by atoms with Gasteiger partial charge < -0.3 is 15.7 Å². The van der Waals surface area contributed by atoms with E-state index < -0.39 is 18.5 Å². The van der Waals surface area contributed by atoms with Gasteiger partial charge in [-0.1, -0.05) is 30.0 Å². The molecule has 0 spiro atoms. The molecule has 28 heavy (non-hydrogen) atoms. The van der Waals surface area contributed by atoms with Crippen LogP contribution >= 0.6 is 0 Å². The molecule has 3 aromatic rings. The van der Waals surface area contributed by atoms with Crippen LogP contribution in [0.4, 0.5) is 5.82 Å². The Morgan fingerprint density at radius 3 is 2.93 bits per heavy atom. The number of nitrogens with two attached hydrogens (primary N) is 1. The summed E-state index contributed by atoms with van der Waals surface area (Å²) in [5, 5.41) is 12.5. The Hall–Kier alpha value is -3.36. The molecule has 0 saturated carbocycles. The lowest BCUT2D eigenvalue weighted by atomic mass is 9.95. The summed E-state index contributed by atoms with van der Waals surface area (Å²) in [7, 11) is 0. The van der Waals surface area contributed by atoms with E-state index in [1.165, 1.54) is 0 Å². The predicted octanol–water partition coefficient (Wildman–Crippen LogP) is 2.74. The van der Waals surface area contributed by atoms with Gasteiger partial charge in [0.1, 0.15) is 5.82 Å². The molecule has 5 nitrogen and oxygen atoms in total. The van der Waals surface area contributed by atoms with Crippen molar-refractivity contribution in [3.8, 4) is 23.0 Å². The average molecular weight is 374 g/mol. The molecule has 140 valence electrons. The third-order valence-corrected chi connectivity index (χ3v) is 5.06. The number of hydrogen-bond donors (Lipinski definition) is 2. The van der Waals surface area contributed by atoms with Crippen LogP contribution in [0.15, 0.2) is 48.7 Å². The Morgan fingerprint density at radius 1 is 1.29 bits per heavy atom. The smallest absolute Gasteiger partial charge is 0.267 e. The lowest BCUT2D eigenvalue weighted by molar-refractivity contribution is -0.137. The zero-order chi connectivity index (χ0) is 22.4. The molecule has 0 radical (unpaired) electrons. The number of aryl methyl sites for hydroxylation is 1. The second-order valence-corrected chi connectivity index (χ2v) is 6.98. The highest BCUT2D eigenvalue weighted by Gasteiger charge is 2.42. The molecule has 0 aliphatic carbocycles. The number of anilines is 1. The molecular formula is C23H21N3O2. The van der Waals surface area contributed by atoms with Crippen molar-refractivity contribution in [1.29, 1.82) is 0 Å². The van der Waals surface area contributed by atoms with Gasteiger partial charge in [-0.25, -0.2) is 4.98 Å². The Morgan fingerprint density at radius 2 is 2.14 bits per heavy atom. The van der Waals surface area contributed by atoms with Gasteiger partial charge in [0.25, 0.3) is 5.91 Å². The minimum Gasteiger partial charge on any atom is -0.383 e. The molecule has 1 aliphatic rings. The number of benzene rings is 2. The monoisotopic (exact) mass is 374 g/mol. The van der Waals surface area contributed by atoms with Crippen molar-refractivity contribution >= 4 is 22.5 Å². The SMILES string of the molecule is [2H]C([2H])([2H])N1CC[C@@](O)(C#Cc2ccc(C)c(-c3ccc4ccnc(N)c4c3)c2)C1=O. The molecule has 0 unspecified atom stereocenters. The van der Waals surface area contributed by atoms with Crippen molar-refractivity contribution in [1.82, 2.24) is 9.88 Å². The predicted molar refractivity (Wildman–Crippen MR) is 110 cm³/mol. The van der Waals surface area contributed by atoms with E-state index in [9.17, 15) is 9.90 Å². The first-order chi connectivity index (χ1) is 14.6. The van der Waals surface area contributed by atoms with E-state index in [-0.39, 0.29) is 13.0 Å². The minimum absolute atomic E-state index is 0.0487. The highest BCUT2D eigenvalue weighted by Crippen LogP contribution is 2.29. The van der Waals surface area contributed by atoms with Crippen molar-refractivity contribution in [2.75, 3.05) is 19.3 Å². The normalized spacial score (nSPS) is 21.0. The average Bonchev–Trinajstić information content (AvgIpc) is 3.03. The summed E-state index contributed by atoms with van der Waals surface area (Å²) in [5.74, 6) is 5.01. The molecule has 1 aliphatic heterocycles. The Labute approximate surface area is 168 Å². The van der Waals surface area contributed by atoms with Gasteiger partial charge in [-0.15, -0.1) is 0 Å². The van der Waals surface area contributed by atoms with Crippen LogP contribution in [-0.4, -0.2) is 40.0 Å². The van der Waals surface area contributed by atoms with Crippen LogP contribution in [0.3, 0.4) is 0 Å². The van der Waals surface area contributed by atoms with Crippen molar-refractivity contribution in [2.45, 2.75) is 18.9 Å². The Kier molecular flexibility index (Phi) is 3.49. The van der Waals surface area contributed by atoms with E-state index in [4.69, 9.17) is 9.85 Å². The fourth-order valence-corrected chi connectivity index (χ4v) is 3.37. The van der Waals surface area contributed by atoms with Crippen molar-refractivity contribution in [2.24, 2.45) is 0 Å². The summed E-state index contributed by atoms with van der Waals surface area (Å²) in [6.07, 6.45) is 1.62. The maximum atomic E-state index is 12.4. The van der Waals surface area contributed by atoms with Crippen LogP contribution in [0.5, 0.6) is 0 Å². The van der Waals surface area contributed by atoms with E-state index in [1.54, 1.807) is 12.3 Å². The number of carbonyl (C=O) groups excluding carboxylic acids is 1. The number of nitrogen functional groups attached to an aromatic ring is 1. The standard InChI is InChI=1S/C23H21N3O2/c1-15-3-4-16(7-9-23(28)10-12-26(2)22(23)27)13-19(15)18-6-5-17-8-11-25-21(24)20(17)14-18/h3-6,8,11,13-14,28H,10,12H2,1-2H3,(H2,24,25)/t23-/m0/s1/i2D3. The molecule has 3 N–H and O–H groups in total. The summed E-state index contributed by atoms with van der Waals surface area (Å²) >= 11 is 0. The first-order valence-corrected chi connectivity index (χ1v) is 8.91. The molecular weight excluding hydrogens is 350 g/mol. The second kappa shape index (κ2) is 6.66. The maximum Gasteiger partial charge on any atom is 0.267 e. The number of fused-ring (bicyclic) bond motifs is 1. The van der Waals surface area contributed by atoms with Crippen molar-refractivity contribution < 1.29 is 14.0 Å². The molecule has 0 bridgehead atoms. The first-order valence-electron chi connectivity index (χ1n) is 10.4. The molecule has 1 fully saturated rings. The highest BCUT2D eigenvalue weighted by molar-refractivity contribution is 5.94. The number of likely N-dealkylation sites (tertiary alicyclic amines) is 1. The van der Waals surface area contributed by atoms with Gasteiger partial charge in [0, 0.05) is 41.2 Å². The van der Waals surface area contributed by atoms with Gasteiger partial charge in [0.15, 0.2) is 0 Å². The molecule has 1 saturated heterocycles. The van der Waals surface area contributed by atoms with Gasteiger partial charge in [0.05, 0.1) is 0 Å². The molecule has 1 aromatic heterocycles. The summed E-state index contributed by atoms with van der Waals surface area (Å²) in [6, 6.07) is 13.4. The minimum atomic E-state index is -2.59. The highest BCUT2D eigenvalue weighted by atomic mass is 16.3. The van der Waals surface area contributed by atoms with Gasteiger partial charge in [-0.05, 0) is 53.3 Å². The number of hydrogen-bond acceptors (Lipinski definition) is 4. The largest absolute Gasteiger partial charge is 0.383 e. The van der Waals surface area contributed by atoms with Gasteiger partial charge in [-0.3, -0.25) is 4.79 Å². The zero-order valence-corrected chi connectivity index (χ0v) is 15.4. The third-order valence-electron chi connectivity index (χ3n) is 5.06. The van der Waals surface area contributed by atoms with Crippen LogP contribution in [0, 0.1) is 18.8 Å². The van der Waals surface area contributed by atoms with Crippen molar-refractivity contribution in [3.05, 3.63) is 59.8 Å². The molecule has 1 amide bonds. The fourth-order valence-electron chi connectivity index (χ4n) is 3.37. The quantitative estimate of drug-likeness (QED) is 0.642. The zero-order valence-electron chi connectivity index (χ0n) is 18.4. The number of pyridine rings is 1. The molecule has 1 atom stereocenters. The van der Waals surface area contributed by atoms with Gasteiger partial charge in [0.2, 0.25) is 5.60 Å². The first kappa shape index (κ1) is 14.7. The lowest BCUT2D eigenvalue weighted by Gasteiger charge is -2.13. The third kappa shape index (κ3) is 3.08. The number of amides is 1. The van der Waals surface area contributed by atoms with Crippen LogP contribution in [0.2, 0.25) is 0 Å². The van der Waals surface area contributed by atoms with Gasteiger partial charge >= 0.3 is 0 Å². The lowest BCUT2D eigenvalue weighted by Crippen LogP contribution is -2.37. The topological polar surface area (TPSA) is 79.4 Å². The molecule has 4 rings (SSSR count). The van der Waals surface area contributed by atoms with Crippen LogP contribution in [-0.2, 0) is 4.79 Å².